The second-order valence-corrected chi connectivity index (χ2v) is 7.67. The highest BCUT2D eigenvalue weighted by Gasteiger charge is 2.16. The average Bonchev–Trinajstić information content (AvgIpc) is 3.11. The Bertz CT molecular complexity index is 869. The van der Waals surface area contributed by atoms with Gasteiger partial charge in [0.25, 0.3) is 5.91 Å². The molecule has 7 heteroatoms. The van der Waals surface area contributed by atoms with Gasteiger partial charge in [0.1, 0.15) is 11.6 Å². The van der Waals surface area contributed by atoms with Crippen LogP contribution in [0.5, 0.6) is 5.75 Å². The van der Waals surface area contributed by atoms with Gasteiger partial charge in [-0.2, -0.15) is 11.8 Å². The minimum atomic E-state index is -0.618. The van der Waals surface area contributed by atoms with Crippen molar-refractivity contribution < 1.29 is 13.9 Å². The van der Waals surface area contributed by atoms with Crippen LogP contribution in [0.4, 0.5) is 9.52 Å². The first kappa shape index (κ1) is 19.4. The van der Waals surface area contributed by atoms with Crippen LogP contribution < -0.4 is 10.1 Å². The number of carbonyl (C=O) groups excluding carboxylic acids is 1. The topological polar surface area (TPSA) is 51.2 Å². The molecule has 0 bridgehead atoms. The van der Waals surface area contributed by atoms with Gasteiger partial charge in [-0.3, -0.25) is 10.1 Å². The number of nitrogens with zero attached hydrogens (tertiary/aromatic N) is 1. The molecule has 0 saturated carbocycles. The molecule has 0 saturated heterocycles. The molecule has 0 spiro atoms. The number of aromatic nitrogens is 1. The molecule has 1 N–H and O–H groups in total. The van der Waals surface area contributed by atoms with Crippen LogP contribution in [-0.2, 0) is 16.3 Å². The number of anilines is 1. The number of para-hydroxylation sites is 1. The Kier molecular flexibility index (Phi) is 6.84. The quantitative estimate of drug-likeness (QED) is 0.568. The summed E-state index contributed by atoms with van der Waals surface area (Å²) in [6.07, 6.45) is -0.618. The number of thiazole rings is 1. The molecular weight excluding hydrogens is 383 g/mol. The average molecular weight is 403 g/mol. The molecule has 1 atom stereocenters. The smallest absolute Gasteiger partial charge is 0.266 e. The third-order valence-corrected chi connectivity index (χ3v) is 5.48. The minimum Gasteiger partial charge on any atom is -0.481 e. The Morgan fingerprint density at radius 1 is 1.19 bits per heavy atom. The second-order valence-electron chi connectivity index (χ2n) is 5.83. The predicted octanol–water partition coefficient (Wildman–Crippen LogP) is 5.12. The largest absolute Gasteiger partial charge is 0.481 e. The van der Waals surface area contributed by atoms with E-state index < -0.39 is 6.10 Å². The first-order chi connectivity index (χ1) is 13.1. The zero-order valence-electron chi connectivity index (χ0n) is 14.7. The van der Waals surface area contributed by atoms with Crippen molar-refractivity contribution in [3.05, 3.63) is 77.1 Å². The molecule has 2 aromatic carbocycles. The standard InChI is InChI=1S/C20H19FN2O2S2/c1-14(25-18-5-3-2-4-6-18)19(24)23-20-22-17(13-27-20)12-26-11-15-7-9-16(21)10-8-15/h2-10,13-14H,11-12H2,1H3,(H,22,23,24). The van der Waals surface area contributed by atoms with Crippen molar-refractivity contribution in [2.45, 2.75) is 24.5 Å². The molecule has 27 heavy (non-hydrogen) atoms. The predicted molar refractivity (Wildman–Crippen MR) is 109 cm³/mol. The highest BCUT2D eigenvalue weighted by atomic mass is 32.2. The van der Waals surface area contributed by atoms with Crippen molar-refractivity contribution >= 4 is 34.1 Å². The van der Waals surface area contributed by atoms with Crippen molar-refractivity contribution in [2.24, 2.45) is 0 Å². The summed E-state index contributed by atoms with van der Waals surface area (Å²) in [4.78, 5) is 16.7. The normalized spacial score (nSPS) is 11.8. The lowest BCUT2D eigenvalue weighted by Crippen LogP contribution is -2.30. The lowest BCUT2D eigenvalue weighted by molar-refractivity contribution is -0.122. The number of hydrogen-bond acceptors (Lipinski definition) is 5. The molecule has 1 heterocycles. The molecule has 3 rings (SSSR count). The first-order valence-electron chi connectivity index (χ1n) is 8.39. The molecule has 140 valence electrons. The van der Waals surface area contributed by atoms with Gasteiger partial charge in [-0.05, 0) is 36.8 Å². The first-order valence-corrected chi connectivity index (χ1v) is 10.4. The van der Waals surface area contributed by atoms with Crippen molar-refractivity contribution in [1.29, 1.82) is 0 Å². The summed E-state index contributed by atoms with van der Waals surface area (Å²) in [6.45, 7) is 1.70. The van der Waals surface area contributed by atoms with Crippen LogP contribution >= 0.6 is 23.1 Å². The van der Waals surface area contributed by atoms with Crippen molar-refractivity contribution in [1.82, 2.24) is 4.98 Å². The Balaban J connectivity index is 1.45. The Labute approximate surface area is 165 Å². The van der Waals surface area contributed by atoms with Gasteiger partial charge in [0, 0.05) is 16.9 Å². The number of ether oxygens (including phenoxy) is 1. The third-order valence-electron chi connectivity index (χ3n) is 3.64. The summed E-state index contributed by atoms with van der Waals surface area (Å²) in [5.41, 5.74) is 1.97. The number of rotatable bonds is 8. The van der Waals surface area contributed by atoms with Crippen LogP contribution in [-0.4, -0.2) is 17.0 Å². The van der Waals surface area contributed by atoms with E-state index in [0.717, 1.165) is 22.8 Å². The van der Waals surface area contributed by atoms with Crippen LogP contribution in [0.1, 0.15) is 18.2 Å². The Hall–Kier alpha value is -2.38. The van der Waals surface area contributed by atoms with E-state index in [2.05, 4.69) is 10.3 Å². The Morgan fingerprint density at radius 2 is 1.93 bits per heavy atom. The van der Waals surface area contributed by atoms with Gasteiger partial charge in [0.15, 0.2) is 11.2 Å². The molecule has 0 aliphatic heterocycles. The van der Waals surface area contributed by atoms with Crippen molar-refractivity contribution in [3.8, 4) is 5.75 Å². The zero-order chi connectivity index (χ0) is 19.1. The highest BCUT2D eigenvalue weighted by molar-refractivity contribution is 7.97. The summed E-state index contributed by atoms with van der Waals surface area (Å²) in [7, 11) is 0. The molecule has 0 aliphatic carbocycles. The van der Waals surface area contributed by atoms with E-state index in [1.807, 2.05) is 35.7 Å². The minimum absolute atomic E-state index is 0.228. The maximum atomic E-state index is 12.9. The van der Waals surface area contributed by atoms with Crippen molar-refractivity contribution in [3.63, 3.8) is 0 Å². The van der Waals surface area contributed by atoms with Crippen molar-refractivity contribution in [2.75, 3.05) is 5.32 Å². The molecule has 1 amide bonds. The fourth-order valence-corrected chi connectivity index (χ4v) is 3.95. The van der Waals surface area contributed by atoms with Gasteiger partial charge >= 0.3 is 0 Å². The molecule has 1 unspecified atom stereocenters. The molecule has 1 aromatic heterocycles. The Morgan fingerprint density at radius 3 is 2.67 bits per heavy atom. The van der Waals surface area contributed by atoms with Crippen LogP contribution in [0.3, 0.4) is 0 Å². The van der Waals surface area contributed by atoms with E-state index in [-0.39, 0.29) is 11.7 Å². The monoisotopic (exact) mass is 402 g/mol. The summed E-state index contributed by atoms with van der Waals surface area (Å²) >= 11 is 3.08. The third kappa shape index (κ3) is 6.08. The molecule has 0 radical (unpaired) electrons. The number of thioether (sulfide) groups is 1. The van der Waals surface area contributed by atoms with Gasteiger partial charge in [-0.1, -0.05) is 30.3 Å². The van der Waals surface area contributed by atoms with E-state index in [0.29, 0.717) is 10.9 Å². The highest BCUT2D eigenvalue weighted by Crippen LogP contribution is 2.22. The fourth-order valence-electron chi connectivity index (χ4n) is 2.25. The van der Waals surface area contributed by atoms with Crippen LogP contribution in [0.25, 0.3) is 0 Å². The van der Waals surface area contributed by atoms with Gasteiger partial charge in [0.2, 0.25) is 0 Å². The summed E-state index contributed by atoms with van der Waals surface area (Å²) in [6, 6.07) is 15.7. The van der Waals surface area contributed by atoms with Gasteiger partial charge < -0.3 is 4.74 Å². The van der Waals surface area contributed by atoms with E-state index in [1.54, 1.807) is 30.8 Å². The molecule has 3 aromatic rings. The fraction of sp³-hybridized carbons (Fsp3) is 0.200. The number of amides is 1. The molecule has 0 aliphatic rings. The maximum absolute atomic E-state index is 12.9. The lowest BCUT2D eigenvalue weighted by Gasteiger charge is -2.13. The number of halogens is 1. The number of carbonyl (C=O) groups is 1. The van der Waals surface area contributed by atoms with E-state index in [4.69, 9.17) is 4.74 Å². The van der Waals surface area contributed by atoms with E-state index in [1.165, 1.54) is 23.5 Å². The summed E-state index contributed by atoms with van der Waals surface area (Å²) in [5, 5.41) is 5.27. The zero-order valence-corrected chi connectivity index (χ0v) is 16.4. The number of benzene rings is 2. The second kappa shape index (κ2) is 9.53. The molecular formula is C20H19FN2O2S2. The van der Waals surface area contributed by atoms with Gasteiger partial charge in [-0.25, -0.2) is 9.37 Å². The molecule has 0 fully saturated rings. The SMILES string of the molecule is CC(Oc1ccccc1)C(=O)Nc1nc(CSCc2ccc(F)cc2)cs1. The summed E-state index contributed by atoms with van der Waals surface area (Å²) in [5.74, 6) is 1.69. The number of nitrogens with one attached hydrogen (secondary N) is 1. The van der Waals surface area contributed by atoms with Gasteiger partial charge in [0.05, 0.1) is 5.69 Å². The lowest BCUT2D eigenvalue weighted by atomic mass is 10.2. The maximum Gasteiger partial charge on any atom is 0.266 e. The van der Waals surface area contributed by atoms with E-state index >= 15 is 0 Å². The van der Waals surface area contributed by atoms with E-state index in [9.17, 15) is 9.18 Å². The number of hydrogen-bond donors (Lipinski definition) is 1. The summed E-state index contributed by atoms with van der Waals surface area (Å²) < 4.78 is 18.5. The van der Waals surface area contributed by atoms with Crippen LogP contribution in [0.15, 0.2) is 60.0 Å². The van der Waals surface area contributed by atoms with Crippen LogP contribution in [0.2, 0.25) is 0 Å². The van der Waals surface area contributed by atoms with Gasteiger partial charge in [-0.15, -0.1) is 11.3 Å². The van der Waals surface area contributed by atoms with Crippen LogP contribution in [0, 0.1) is 5.82 Å². The molecule has 4 nitrogen and oxygen atoms in total.